The average molecular weight is 319 g/mol. The van der Waals surface area contributed by atoms with Crippen LogP contribution in [-0.4, -0.2) is 43.4 Å². The molecule has 0 spiro atoms. The van der Waals surface area contributed by atoms with Crippen molar-refractivity contribution >= 4 is 35.3 Å². The van der Waals surface area contributed by atoms with Gasteiger partial charge >= 0.3 is 0 Å². The Morgan fingerprint density at radius 1 is 1.37 bits per heavy atom. The second-order valence-corrected chi connectivity index (χ2v) is 7.46. The molecule has 1 aromatic rings. The van der Waals surface area contributed by atoms with Crippen LogP contribution < -0.4 is 4.74 Å². The van der Waals surface area contributed by atoms with Crippen molar-refractivity contribution in [3.63, 3.8) is 0 Å². The van der Waals surface area contributed by atoms with Crippen LogP contribution in [0.25, 0.3) is 0 Å². The molecule has 2 rings (SSSR count). The van der Waals surface area contributed by atoms with Gasteiger partial charge in [-0.1, -0.05) is 0 Å². The first-order valence-corrected chi connectivity index (χ1v) is 8.52. The third-order valence-electron chi connectivity index (χ3n) is 3.22. The largest absolute Gasteiger partial charge is 0.497 e. The van der Waals surface area contributed by atoms with Crippen LogP contribution in [0, 0.1) is 0 Å². The second-order valence-electron chi connectivity index (χ2n) is 4.48. The number of methoxy groups -OCH3 is 1. The van der Waals surface area contributed by atoms with Crippen LogP contribution in [0.4, 0.5) is 0 Å². The van der Waals surface area contributed by atoms with Crippen LogP contribution in [-0.2, 0) is 10.0 Å². The summed E-state index contributed by atoms with van der Waals surface area (Å²) in [6, 6.07) is 6.34. The summed E-state index contributed by atoms with van der Waals surface area (Å²) in [4.78, 5) is 0.280. The summed E-state index contributed by atoms with van der Waals surface area (Å²) in [6.07, 6.45) is 0.738. The van der Waals surface area contributed by atoms with Gasteiger partial charge in [0.2, 0.25) is 10.0 Å². The number of hydrogen-bond acceptors (Lipinski definition) is 5. The predicted octanol–water partition coefficient (Wildman–Crippen LogP) is 1.69. The van der Waals surface area contributed by atoms with Crippen LogP contribution in [0.5, 0.6) is 5.75 Å². The van der Waals surface area contributed by atoms with E-state index in [9.17, 15) is 8.42 Å². The molecule has 0 amide bonds. The zero-order valence-electron chi connectivity index (χ0n) is 10.6. The highest BCUT2D eigenvalue weighted by atomic mass is 32.2. The number of sulfonamides is 1. The third kappa shape index (κ3) is 3.04. The molecule has 7 heteroatoms. The van der Waals surface area contributed by atoms with Crippen molar-refractivity contribution in [1.29, 1.82) is 0 Å². The average Bonchev–Trinajstić information content (AvgIpc) is 2.81. The summed E-state index contributed by atoms with van der Waals surface area (Å²) in [5.41, 5.74) is 0. The van der Waals surface area contributed by atoms with Gasteiger partial charge in [-0.05, 0) is 30.7 Å². The minimum Gasteiger partial charge on any atom is -0.497 e. The molecule has 1 aromatic carbocycles. The summed E-state index contributed by atoms with van der Waals surface area (Å²) in [5.74, 6) is 1.14. The summed E-state index contributed by atoms with van der Waals surface area (Å²) in [5, 5.41) is 0.0742. The molecule has 0 aliphatic carbocycles. The molecule has 0 saturated carbocycles. The molecule has 0 bridgehead atoms. The lowest BCUT2D eigenvalue weighted by atomic mass is 10.2. The van der Waals surface area contributed by atoms with E-state index in [-0.39, 0.29) is 16.2 Å². The Bertz CT molecular complexity index is 530. The molecule has 1 heterocycles. The van der Waals surface area contributed by atoms with Gasteiger partial charge in [-0.3, -0.25) is 0 Å². The Morgan fingerprint density at radius 2 is 2.00 bits per heavy atom. The van der Waals surface area contributed by atoms with Gasteiger partial charge in [-0.15, -0.1) is 0 Å². The van der Waals surface area contributed by atoms with Crippen molar-refractivity contribution in [2.24, 2.45) is 0 Å². The monoisotopic (exact) mass is 319 g/mol. The van der Waals surface area contributed by atoms with Gasteiger partial charge in [-0.2, -0.15) is 29.6 Å². The van der Waals surface area contributed by atoms with E-state index in [0.29, 0.717) is 18.0 Å². The van der Waals surface area contributed by atoms with Gasteiger partial charge in [0.05, 0.1) is 12.0 Å². The maximum atomic E-state index is 12.6. The molecule has 106 valence electrons. The van der Waals surface area contributed by atoms with E-state index in [4.69, 9.17) is 4.74 Å². The quantitative estimate of drug-likeness (QED) is 0.830. The molecular formula is C12H17NO3S3. The molecular weight excluding hydrogens is 302 g/mol. The zero-order valence-corrected chi connectivity index (χ0v) is 13.2. The van der Waals surface area contributed by atoms with E-state index >= 15 is 0 Å². The fourth-order valence-corrected chi connectivity index (χ4v) is 4.87. The highest BCUT2D eigenvalue weighted by Gasteiger charge is 2.38. The van der Waals surface area contributed by atoms with Crippen molar-refractivity contribution in [2.75, 3.05) is 19.4 Å². The van der Waals surface area contributed by atoms with Crippen LogP contribution in [0.2, 0.25) is 0 Å². The van der Waals surface area contributed by atoms with E-state index in [1.165, 1.54) is 4.31 Å². The summed E-state index contributed by atoms with van der Waals surface area (Å²) in [6.45, 7) is 0.433. The number of benzene rings is 1. The van der Waals surface area contributed by atoms with Gasteiger partial charge in [0.1, 0.15) is 5.75 Å². The maximum Gasteiger partial charge on any atom is 0.243 e. The second kappa shape index (κ2) is 5.95. The van der Waals surface area contributed by atoms with Crippen LogP contribution in [0.1, 0.15) is 6.42 Å². The van der Waals surface area contributed by atoms with Crippen LogP contribution in [0.15, 0.2) is 29.2 Å². The number of ether oxygens (including phenoxy) is 1. The topological polar surface area (TPSA) is 46.6 Å². The van der Waals surface area contributed by atoms with E-state index in [1.807, 2.05) is 0 Å². The minimum absolute atomic E-state index is 0.0742. The minimum atomic E-state index is -3.48. The van der Waals surface area contributed by atoms with E-state index in [1.54, 1.807) is 31.4 Å². The molecule has 1 aliphatic heterocycles. The standard InChI is InChI=1S/C12H17NO3S3/c1-16-10-2-4-12(5-3-10)19(14,15)13-7-11(18)6-9(13)8-17/h2-5,9,11,17-18H,6-8H2,1H3/t9-,11+/m1/s1. The Kier molecular flexibility index (Phi) is 4.70. The first kappa shape index (κ1) is 15.0. The molecule has 2 atom stereocenters. The zero-order chi connectivity index (χ0) is 14.0. The Morgan fingerprint density at radius 3 is 2.53 bits per heavy atom. The lowest BCUT2D eigenvalue weighted by molar-refractivity contribution is 0.410. The lowest BCUT2D eigenvalue weighted by Crippen LogP contribution is -2.36. The molecule has 0 N–H and O–H groups in total. The van der Waals surface area contributed by atoms with Gasteiger partial charge in [0.15, 0.2) is 0 Å². The first-order valence-electron chi connectivity index (χ1n) is 5.94. The number of rotatable bonds is 4. The molecule has 4 nitrogen and oxygen atoms in total. The molecule has 0 radical (unpaired) electrons. The highest BCUT2D eigenvalue weighted by Crippen LogP contribution is 2.29. The Balaban J connectivity index is 2.30. The highest BCUT2D eigenvalue weighted by molar-refractivity contribution is 7.89. The van der Waals surface area contributed by atoms with Crippen molar-refractivity contribution < 1.29 is 13.2 Å². The Hall–Kier alpha value is -0.370. The van der Waals surface area contributed by atoms with E-state index in [2.05, 4.69) is 25.3 Å². The number of thiol groups is 2. The molecule has 0 unspecified atom stereocenters. The van der Waals surface area contributed by atoms with Crippen molar-refractivity contribution in [1.82, 2.24) is 4.31 Å². The normalized spacial score (nSPS) is 24.6. The SMILES string of the molecule is COc1ccc(S(=O)(=O)N2C[C@@H](S)C[C@@H]2CS)cc1. The fraction of sp³-hybridized carbons (Fsp3) is 0.500. The van der Waals surface area contributed by atoms with Gasteiger partial charge in [-0.25, -0.2) is 8.42 Å². The molecule has 1 saturated heterocycles. The predicted molar refractivity (Wildman–Crippen MR) is 81.9 cm³/mol. The summed E-state index contributed by atoms with van der Waals surface area (Å²) in [7, 11) is -1.93. The summed E-state index contributed by atoms with van der Waals surface area (Å²) >= 11 is 8.61. The van der Waals surface area contributed by atoms with Crippen LogP contribution in [0.3, 0.4) is 0 Å². The van der Waals surface area contributed by atoms with Crippen LogP contribution >= 0.6 is 25.3 Å². The van der Waals surface area contributed by atoms with E-state index < -0.39 is 10.0 Å². The molecule has 1 fully saturated rings. The summed E-state index contributed by atoms with van der Waals surface area (Å²) < 4.78 is 31.7. The van der Waals surface area contributed by atoms with Gasteiger partial charge in [0, 0.05) is 23.6 Å². The first-order chi connectivity index (χ1) is 8.98. The molecule has 0 aromatic heterocycles. The van der Waals surface area contributed by atoms with Gasteiger partial charge < -0.3 is 4.74 Å². The van der Waals surface area contributed by atoms with Crippen molar-refractivity contribution in [3.8, 4) is 5.75 Å². The smallest absolute Gasteiger partial charge is 0.243 e. The molecule has 1 aliphatic rings. The fourth-order valence-electron chi connectivity index (χ4n) is 2.21. The van der Waals surface area contributed by atoms with Crippen molar-refractivity contribution in [2.45, 2.75) is 22.6 Å². The number of hydrogen-bond donors (Lipinski definition) is 2. The van der Waals surface area contributed by atoms with E-state index in [0.717, 1.165) is 6.42 Å². The number of nitrogens with zero attached hydrogens (tertiary/aromatic N) is 1. The third-order valence-corrected chi connectivity index (χ3v) is 5.95. The maximum absolute atomic E-state index is 12.6. The van der Waals surface area contributed by atoms with Crippen molar-refractivity contribution in [3.05, 3.63) is 24.3 Å². The Labute approximate surface area is 125 Å². The lowest BCUT2D eigenvalue weighted by Gasteiger charge is -2.22. The molecule has 19 heavy (non-hydrogen) atoms. The van der Waals surface area contributed by atoms with Gasteiger partial charge in [0.25, 0.3) is 0 Å².